The van der Waals surface area contributed by atoms with Gasteiger partial charge in [0.25, 0.3) is 0 Å². The van der Waals surface area contributed by atoms with Gasteiger partial charge in [-0.1, -0.05) is 12.1 Å². The standard InChI is InChI=1S/C10H12FNO2S/c1-14-9(13)6-15-10-7(5-12)3-2-4-8(10)11/h2-4H,5-6,12H2,1H3. The number of nitrogens with two attached hydrogens (primary N) is 1. The summed E-state index contributed by atoms with van der Waals surface area (Å²) in [5.74, 6) is -0.650. The van der Waals surface area contributed by atoms with Crippen molar-refractivity contribution in [1.29, 1.82) is 0 Å². The normalized spacial score (nSPS) is 10.1. The van der Waals surface area contributed by atoms with E-state index in [4.69, 9.17) is 5.73 Å². The average molecular weight is 229 g/mol. The number of carbonyl (C=O) groups is 1. The Balaban J connectivity index is 2.78. The number of hydrogen-bond acceptors (Lipinski definition) is 4. The second kappa shape index (κ2) is 5.72. The molecule has 0 saturated carbocycles. The van der Waals surface area contributed by atoms with Gasteiger partial charge in [0.2, 0.25) is 0 Å². The number of ether oxygens (including phenoxy) is 1. The minimum absolute atomic E-state index is 0.0877. The van der Waals surface area contributed by atoms with E-state index in [1.54, 1.807) is 12.1 Å². The molecule has 0 bridgehead atoms. The molecule has 15 heavy (non-hydrogen) atoms. The Bertz CT molecular complexity index is 357. The molecule has 0 fully saturated rings. The summed E-state index contributed by atoms with van der Waals surface area (Å²) in [5.41, 5.74) is 6.16. The van der Waals surface area contributed by atoms with Gasteiger partial charge in [-0.05, 0) is 11.6 Å². The highest BCUT2D eigenvalue weighted by atomic mass is 32.2. The van der Waals surface area contributed by atoms with Crippen molar-refractivity contribution in [2.75, 3.05) is 12.9 Å². The van der Waals surface area contributed by atoms with Crippen LogP contribution < -0.4 is 5.73 Å². The number of hydrogen-bond donors (Lipinski definition) is 1. The van der Waals surface area contributed by atoms with Crippen LogP contribution in [0, 0.1) is 5.82 Å². The van der Waals surface area contributed by atoms with E-state index in [9.17, 15) is 9.18 Å². The summed E-state index contributed by atoms with van der Waals surface area (Å²) >= 11 is 1.10. The van der Waals surface area contributed by atoms with Gasteiger partial charge < -0.3 is 10.5 Å². The van der Waals surface area contributed by atoms with Crippen LogP contribution in [0.2, 0.25) is 0 Å². The van der Waals surface area contributed by atoms with E-state index < -0.39 is 0 Å². The summed E-state index contributed by atoms with van der Waals surface area (Å²) in [7, 11) is 1.30. The second-order valence-electron chi connectivity index (χ2n) is 2.80. The summed E-state index contributed by atoms with van der Waals surface area (Å²) in [4.78, 5) is 11.3. The Kier molecular flexibility index (Phi) is 4.58. The molecule has 1 aromatic carbocycles. The van der Waals surface area contributed by atoms with Crippen LogP contribution in [0.1, 0.15) is 5.56 Å². The highest BCUT2D eigenvalue weighted by molar-refractivity contribution is 8.00. The molecule has 0 heterocycles. The van der Waals surface area contributed by atoms with E-state index in [-0.39, 0.29) is 24.1 Å². The Morgan fingerprint density at radius 1 is 1.60 bits per heavy atom. The van der Waals surface area contributed by atoms with Gasteiger partial charge in [0, 0.05) is 11.4 Å². The summed E-state index contributed by atoms with van der Waals surface area (Å²) in [6.45, 7) is 0.251. The van der Waals surface area contributed by atoms with Crippen molar-refractivity contribution in [3.05, 3.63) is 29.6 Å². The van der Waals surface area contributed by atoms with Crippen molar-refractivity contribution in [1.82, 2.24) is 0 Å². The Hall–Kier alpha value is -1.07. The van der Waals surface area contributed by atoms with Crippen LogP contribution in [0.3, 0.4) is 0 Å². The fourth-order valence-corrected chi connectivity index (χ4v) is 1.99. The maximum absolute atomic E-state index is 13.4. The second-order valence-corrected chi connectivity index (χ2v) is 3.78. The highest BCUT2D eigenvalue weighted by Gasteiger charge is 2.10. The predicted octanol–water partition coefficient (Wildman–Crippen LogP) is 1.55. The van der Waals surface area contributed by atoms with Gasteiger partial charge in [0.05, 0.1) is 12.9 Å². The van der Waals surface area contributed by atoms with Crippen LogP contribution in [0.15, 0.2) is 23.1 Å². The Morgan fingerprint density at radius 2 is 2.33 bits per heavy atom. The smallest absolute Gasteiger partial charge is 0.315 e. The monoisotopic (exact) mass is 229 g/mol. The van der Waals surface area contributed by atoms with Gasteiger partial charge in [-0.2, -0.15) is 0 Å². The summed E-state index contributed by atoms with van der Waals surface area (Å²) in [6.07, 6.45) is 0. The molecular formula is C10H12FNO2S. The molecule has 0 spiro atoms. The average Bonchev–Trinajstić information content (AvgIpc) is 2.26. The van der Waals surface area contributed by atoms with Crippen LogP contribution in [0.4, 0.5) is 4.39 Å². The number of carbonyl (C=O) groups excluding carboxylic acids is 1. The topological polar surface area (TPSA) is 52.3 Å². The molecule has 0 radical (unpaired) electrons. The Labute approximate surface area is 91.8 Å². The molecule has 0 atom stereocenters. The van der Waals surface area contributed by atoms with E-state index in [1.165, 1.54) is 13.2 Å². The van der Waals surface area contributed by atoms with Crippen LogP contribution in [-0.2, 0) is 16.1 Å². The number of thioether (sulfide) groups is 1. The zero-order chi connectivity index (χ0) is 11.3. The fraction of sp³-hybridized carbons (Fsp3) is 0.300. The Morgan fingerprint density at radius 3 is 2.93 bits per heavy atom. The molecule has 82 valence electrons. The molecule has 0 aromatic heterocycles. The molecule has 0 saturated heterocycles. The van der Waals surface area contributed by atoms with Crippen LogP contribution in [0.5, 0.6) is 0 Å². The SMILES string of the molecule is COC(=O)CSc1c(F)cccc1CN. The molecule has 0 aliphatic rings. The highest BCUT2D eigenvalue weighted by Crippen LogP contribution is 2.25. The lowest BCUT2D eigenvalue weighted by molar-refractivity contribution is -0.137. The minimum atomic E-state index is -0.383. The number of esters is 1. The van der Waals surface area contributed by atoms with Crippen molar-refractivity contribution < 1.29 is 13.9 Å². The predicted molar refractivity (Wildman–Crippen MR) is 57.0 cm³/mol. The van der Waals surface area contributed by atoms with Crippen molar-refractivity contribution in [3.63, 3.8) is 0 Å². The summed E-state index contributed by atoms with van der Waals surface area (Å²) in [6, 6.07) is 4.68. The van der Waals surface area contributed by atoms with Crippen molar-refractivity contribution in [2.45, 2.75) is 11.4 Å². The first kappa shape index (κ1) is 12.0. The van der Waals surface area contributed by atoms with E-state index in [2.05, 4.69) is 4.74 Å². The summed E-state index contributed by atoms with van der Waals surface area (Å²) < 4.78 is 17.8. The third kappa shape index (κ3) is 3.21. The molecule has 5 heteroatoms. The van der Waals surface area contributed by atoms with Gasteiger partial charge in [0.15, 0.2) is 0 Å². The number of benzene rings is 1. The fourth-order valence-electron chi connectivity index (χ4n) is 1.07. The number of halogens is 1. The number of methoxy groups -OCH3 is 1. The molecule has 3 nitrogen and oxygen atoms in total. The lowest BCUT2D eigenvalue weighted by Crippen LogP contribution is -2.05. The largest absolute Gasteiger partial charge is 0.468 e. The third-order valence-electron chi connectivity index (χ3n) is 1.83. The maximum Gasteiger partial charge on any atom is 0.315 e. The zero-order valence-electron chi connectivity index (χ0n) is 8.33. The molecular weight excluding hydrogens is 217 g/mol. The van der Waals surface area contributed by atoms with Crippen molar-refractivity contribution >= 4 is 17.7 Å². The first-order valence-corrected chi connectivity index (χ1v) is 5.34. The van der Waals surface area contributed by atoms with E-state index in [0.29, 0.717) is 10.5 Å². The van der Waals surface area contributed by atoms with Crippen LogP contribution >= 0.6 is 11.8 Å². The molecule has 2 N–H and O–H groups in total. The van der Waals surface area contributed by atoms with Crippen LogP contribution in [-0.4, -0.2) is 18.8 Å². The van der Waals surface area contributed by atoms with E-state index in [1.807, 2.05) is 0 Å². The molecule has 1 aromatic rings. The quantitative estimate of drug-likeness (QED) is 0.628. The van der Waals surface area contributed by atoms with Crippen molar-refractivity contribution in [3.8, 4) is 0 Å². The van der Waals surface area contributed by atoms with Gasteiger partial charge in [0.1, 0.15) is 5.82 Å². The molecule has 0 aliphatic carbocycles. The third-order valence-corrected chi connectivity index (χ3v) is 2.96. The first-order valence-electron chi connectivity index (χ1n) is 4.36. The first-order chi connectivity index (χ1) is 7.19. The lowest BCUT2D eigenvalue weighted by Gasteiger charge is -2.07. The zero-order valence-corrected chi connectivity index (χ0v) is 9.14. The minimum Gasteiger partial charge on any atom is -0.468 e. The van der Waals surface area contributed by atoms with Gasteiger partial charge >= 0.3 is 5.97 Å². The molecule has 0 unspecified atom stereocenters. The lowest BCUT2D eigenvalue weighted by atomic mass is 10.2. The molecule has 0 amide bonds. The van der Waals surface area contributed by atoms with Crippen molar-refractivity contribution in [2.24, 2.45) is 5.73 Å². The maximum atomic E-state index is 13.4. The molecule has 0 aliphatic heterocycles. The van der Waals surface area contributed by atoms with E-state index in [0.717, 1.165) is 11.8 Å². The summed E-state index contributed by atoms with van der Waals surface area (Å²) in [5, 5.41) is 0. The van der Waals surface area contributed by atoms with Crippen LogP contribution in [0.25, 0.3) is 0 Å². The molecule has 1 rings (SSSR count). The van der Waals surface area contributed by atoms with E-state index >= 15 is 0 Å². The van der Waals surface area contributed by atoms with Gasteiger partial charge in [-0.15, -0.1) is 11.8 Å². The number of rotatable bonds is 4. The van der Waals surface area contributed by atoms with Gasteiger partial charge in [-0.3, -0.25) is 4.79 Å². The van der Waals surface area contributed by atoms with Gasteiger partial charge in [-0.25, -0.2) is 4.39 Å².